The van der Waals surface area contributed by atoms with Crippen molar-refractivity contribution in [1.82, 2.24) is 0 Å². The van der Waals surface area contributed by atoms with E-state index in [2.05, 4.69) is 28.1 Å². The molecule has 1 unspecified atom stereocenters. The van der Waals surface area contributed by atoms with Crippen molar-refractivity contribution in [3.8, 4) is 0 Å². The molecular formula is C12H18BrNO. The minimum atomic E-state index is 0.192. The van der Waals surface area contributed by atoms with Gasteiger partial charge in [0.05, 0.1) is 0 Å². The predicted molar refractivity (Wildman–Crippen MR) is 66.9 cm³/mol. The van der Waals surface area contributed by atoms with Gasteiger partial charge in [-0.2, -0.15) is 0 Å². The van der Waals surface area contributed by atoms with Gasteiger partial charge in [0.15, 0.2) is 0 Å². The average molecular weight is 272 g/mol. The number of nitrogens with two attached hydrogens (primary N) is 1. The van der Waals surface area contributed by atoms with Crippen molar-refractivity contribution < 1.29 is 4.74 Å². The van der Waals surface area contributed by atoms with Gasteiger partial charge in [0.2, 0.25) is 0 Å². The van der Waals surface area contributed by atoms with Gasteiger partial charge in [-0.15, -0.1) is 0 Å². The highest BCUT2D eigenvalue weighted by molar-refractivity contribution is 9.10. The van der Waals surface area contributed by atoms with E-state index in [4.69, 9.17) is 10.5 Å². The van der Waals surface area contributed by atoms with Crippen molar-refractivity contribution in [3.05, 3.63) is 34.3 Å². The van der Waals surface area contributed by atoms with E-state index in [0.29, 0.717) is 0 Å². The number of hydrogen-bond acceptors (Lipinski definition) is 2. The van der Waals surface area contributed by atoms with Crippen LogP contribution in [0.2, 0.25) is 0 Å². The Morgan fingerprint density at radius 2 is 2.00 bits per heavy atom. The van der Waals surface area contributed by atoms with Crippen LogP contribution in [-0.4, -0.2) is 19.3 Å². The molecule has 1 rings (SSSR count). The summed E-state index contributed by atoms with van der Waals surface area (Å²) in [5, 5.41) is 0. The lowest BCUT2D eigenvalue weighted by Crippen LogP contribution is -2.24. The van der Waals surface area contributed by atoms with Crippen LogP contribution in [0.4, 0.5) is 0 Å². The van der Waals surface area contributed by atoms with Crippen LogP contribution in [0.5, 0.6) is 0 Å². The third-order valence-electron chi connectivity index (χ3n) is 2.25. The van der Waals surface area contributed by atoms with Crippen LogP contribution >= 0.6 is 15.9 Å². The van der Waals surface area contributed by atoms with Gasteiger partial charge in [0.25, 0.3) is 0 Å². The number of rotatable bonds is 6. The highest BCUT2D eigenvalue weighted by Gasteiger charge is 2.03. The Kier molecular flexibility index (Phi) is 5.91. The van der Waals surface area contributed by atoms with Crippen molar-refractivity contribution in [2.75, 3.05) is 13.2 Å². The molecule has 0 spiro atoms. The summed E-state index contributed by atoms with van der Waals surface area (Å²) in [6.07, 6.45) is 1.84. The minimum absolute atomic E-state index is 0.192. The molecule has 1 aromatic rings. The molecule has 0 saturated heterocycles. The molecule has 0 aliphatic carbocycles. The predicted octanol–water partition coefficient (Wildman–Crippen LogP) is 2.75. The second kappa shape index (κ2) is 6.99. The Hall–Kier alpha value is -0.380. The Labute approximate surface area is 99.9 Å². The lowest BCUT2D eigenvalue weighted by atomic mass is 10.0. The minimum Gasteiger partial charge on any atom is -0.382 e. The van der Waals surface area contributed by atoms with Crippen LogP contribution in [0.1, 0.15) is 18.9 Å². The fraction of sp³-hybridized carbons (Fsp3) is 0.500. The van der Waals surface area contributed by atoms with E-state index in [-0.39, 0.29) is 6.04 Å². The average Bonchev–Trinajstić information content (AvgIpc) is 2.22. The smallest absolute Gasteiger partial charge is 0.0480 e. The number of halogens is 1. The molecule has 0 fully saturated rings. The van der Waals surface area contributed by atoms with E-state index in [1.807, 2.05) is 19.1 Å². The monoisotopic (exact) mass is 271 g/mol. The zero-order chi connectivity index (χ0) is 11.1. The van der Waals surface area contributed by atoms with Crippen molar-refractivity contribution >= 4 is 15.9 Å². The SMILES string of the molecule is CCOCCC(N)Cc1ccc(Br)cc1. The van der Waals surface area contributed by atoms with E-state index < -0.39 is 0 Å². The summed E-state index contributed by atoms with van der Waals surface area (Å²) in [5.74, 6) is 0. The van der Waals surface area contributed by atoms with E-state index in [9.17, 15) is 0 Å². The second-order valence-corrected chi connectivity index (χ2v) is 4.49. The molecule has 0 amide bonds. The van der Waals surface area contributed by atoms with Gasteiger partial charge in [-0.1, -0.05) is 28.1 Å². The summed E-state index contributed by atoms with van der Waals surface area (Å²) in [6, 6.07) is 8.49. The molecule has 0 saturated carbocycles. The van der Waals surface area contributed by atoms with Gasteiger partial charge in [0.1, 0.15) is 0 Å². The zero-order valence-electron chi connectivity index (χ0n) is 9.08. The van der Waals surface area contributed by atoms with E-state index >= 15 is 0 Å². The molecule has 3 heteroatoms. The quantitative estimate of drug-likeness (QED) is 0.808. The summed E-state index contributed by atoms with van der Waals surface area (Å²) in [6.45, 7) is 3.53. The van der Waals surface area contributed by atoms with Crippen LogP contribution in [0, 0.1) is 0 Å². The Morgan fingerprint density at radius 1 is 1.33 bits per heavy atom. The molecule has 1 atom stereocenters. The van der Waals surface area contributed by atoms with Crippen molar-refractivity contribution in [2.24, 2.45) is 5.73 Å². The molecule has 0 bridgehead atoms. The van der Waals surface area contributed by atoms with E-state index in [0.717, 1.165) is 30.5 Å². The number of hydrogen-bond donors (Lipinski definition) is 1. The van der Waals surface area contributed by atoms with Gasteiger partial charge in [-0.05, 0) is 37.5 Å². The van der Waals surface area contributed by atoms with E-state index in [1.54, 1.807) is 0 Å². The first-order chi connectivity index (χ1) is 7.22. The van der Waals surface area contributed by atoms with Crippen molar-refractivity contribution in [3.63, 3.8) is 0 Å². The number of benzene rings is 1. The molecule has 15 heavy (non-hydrogen) atoms. The largest absolute Gasteiger partial charge is 0.382 e. The maximum absolute atomic E-state index is 5.99. The topological polar surface area (TPSA) is 35.2 Å². The fourth-order valence-electron chi connectivity index (χ4n) is 1.40. The standard InChI is InChI=1S/C12H18BrNO/c1-2-15-8-7-12(14)9-10-3-5-11(13)6-4-10/h3-6,12H,2,7-9,14H2,1H3. The highest BCUT2D eigenvalue weighted by Crippen LogP contribution is 2.12. The lowest BCUT2D eigenvalue weighted by Gasteiger charge is -2.11. The van der Waals surface area contributed by atoms with E-state index in [1.165, 1.54) is 5.56 Å². The molecule has 0 aliphatic heterocycles. The normalized spacial score (nSPS) is 12.7. The molecule has 2 N–H and O–H groups in total. The fourth-order valence-corrected chi connectivity index (χ4v) is 1.67. The molecule has 0 aliphatic rings. The van der Waals surface area contributed by atoms with Crippen molar-refractivity contribution in [1.29, 1.82) is 0 Å². The molecule has 0 aromatic heterocycles. The lowest BCUT2D eigenvalue weighted by molar-refractivity contribution is 0.140. The Bertz CT molecular complexity index is 273. The van der Waals surface area contributed by atoms with Crippen LogP contribution in [-0.2, 0) is 11.2 Å². The highest BCUT2D eigenvalue weighted by atomic mass is 79.9. The van der Waals surface area contributed by atoms with Gasteiger partial charge in [-0.25, -0.2) is 0 Å². The third-order valence-corrected chi connectivity index (χ3v) is 2.78. The third kappa shape index (κ3) is 5.30. The van der Waals surface area contributed by atoms with Crippen LogP contribution < -0.4 is 5.73 Å². The molecule has 2 nitrogen and oxygen atoms in total. The second-order valence-electron chi connectivity index (χ2n) is 3.58. The van der Waals surface area contributed by atoms with Gasteiger partial charge in [-0.3, -0.25) is 0 Å². The van der Waals surface area contributed by atoms with Gasteiger partial charge in [0, 0.05) is 23.7 Å². The molecule has 0 radical (unpaired) electrons. The summed E-state index contributed by atoms with van der Waals surface area (Å²) in [7, 11) is 0. The zero-order valence-corrected chi connectivity index (χ0v) is 10.7. The molecule has 0 heterocycles. The summed E-state index contributed by atoms with van der Waals surface area (Å²) in [5.41, 5.74) is 7.27. The first-order valence-corrected chi connectivity index (χ1v) is 6.09. The summed E-state index contributed by atoms with van der Waals surface area (Å²) >= 11 is 3.41. The summed E-state index contributed by atoms with van der Waals surface area (Å²) in [4.78, 5) is 0. The first kappa shape index (κ1) is 12.7. The maximum atomic E-state index is 5.99. The van der Waals surface area contributed by atoms with Gasteiger partial charge < -0.3 is 10.5 Å². The van der Waals surface area contributed by atoms with Crippen LogP contribution in [0.25, 0.3) is 0 Å². The van der Waals surface area contributed by atoms with Crippen molar-refractivity contribution in [2.45, 2.75) is 25.8 Å². The van der Waals surface area contributed by atoms with Crippen LogP contribution in [0.15, 0.2) is 28.7 Å². The maximum Gasteiger partial charge on any atom is 0.0480 e. The first-order valence-electron chi connectivity index (χ1n) is 5.30. The summed E-state index contributed by atoms with van der Waals surface area (Å²) < 4.78 is 6.38. The molecule has 1 aromatic carbocycles. The Balaban J connectivity index is 2.31. The molecular weight excluding hydrogens is 254 g/mol. The van der Waals surface area contributed by atoms with Gasteiger partial charge >= 0.3 is 0 Å². The van der Waals surface area contributed by atoms with Crippen LogP contribution in [0.3, 0.4) is 0 Å². The number of ether oxygens (including phenoxy) is 1. The molecule has 84 valence electrons. The Morgan fingerprint density at radius 3 is 2.60 bits per heavy atom.